The molecule has 0 atom stereocenters. The highest BCUT2D eigenvalue weighted by atomic mass is 35.5. The number of aromatic nitrogens is 2. The summed E-state index contributed by atoms with van der Waals surface area (Å²) in [6, 6.07) is 5.62. The van der Waals surface area contributed by atoms with Crippen LogP contribution in [0.3, 0.4) is 0 Å². The van der Waals surface area contributed by atoms with Crippen molar-refractivity contribution in [3.63, 3.8) is 0 Å². The van der Waals surface area contributed by atoms with Crippen LogP contribution in [0.4, 0.5) is 0 Å². The van der Waals surface area contributed by atoms with E-state index in [4.69, 9.17) is 16.6 Å². The predicted octanol–water partition coefficient (Wildman–Crippen LogP) is 5.29. The third-order valence-corrected chi connectivity index (χ3v) is 6.67. The Morgan fingerprint density at radius 1 is 1.21 bits per heavy atom. The number of fused-ring (bicyclic) bond motifs is 1. The number of amides is 1. The lowest BCUT2D eigenvalue weighted by molar-refractivity contribution is -0.131. The van der Waals surface area contributed by atoms with Crippen molar-refractivity contribution in [1.29, 1.82) is 0 Å². The molecule has 2 aromatic rings. The van der Waals surface area contributed by atoms with Gasteiger partial charge in [-0.2, -0.15) is 0 Å². The lowest BCUT2D eigenvalue weighted by Gasteiger charge is -2.31. The maximum Gasteiger partial charge on any atom is 0.262 e. The van der Waals surface area contributed by atoms with Gasteiger partial charge in [0.1, 0.15) is 0 Å². The number of carbonyl (C=O) groups excluding carboxylic acids is 1. The molecule has 1 fully saturated rings. The SMILES string of the molecule is CC(C)N(C(=O)CSc1nc2cc(Cl)ccc2c(=O)n1C1CCCCC1)C(C)C. The zero-order valence-corrected chi connectivity index (χ0v) is 19.2. The Morgan fingerprint density at radius 3 is 2.48 bits per heavy atom. The van der Waals surface area contributed by atoms with Crippen LogP contribution in [0.25, 0.3) is 10.9 Å². The average Bonchev–Trinajstić information content (AvgIpc) is 2.66. The number of carbonyl (C=O) groups is 1. The minimum atomic E-state index is -0.0295. The van der Waals surface area contributed by atoms with Gasteiger partial charge in [0, 0.05) is 23.1 Å². The zero-order chi connectivity index (χ0) is 21.1. The molecule has 0 N–H and O–H groups in total. The number of halogens is 1. The van der Waals surface area contributed by atoms with Crippen LogP contribution >= 0.6 is 23.4 Å². The van der Waals surface area contributed by atoms with Gasteiger partial charge < -0.3 is 4.90 Å². The molecule has 0 spiro atoms. The van der Waals surface area contributed by atoms with E-state index in [0.29, 0.717) is 21.1 Å². The average molecular weight is 436 g/mol. The number of rotatable bonds is 6. The summed E-state index contributed by atoms with van der Waals surface area (Å²) in [5.41, 5.74) is 0.562. The van der Waals surface area contributed by atoms with Gasteiger partial charge in [0.05, 0.1) is 16.7 Å². The summed E-state index contributed by atoms with van der Waals surface area (Å²) in [7, 11) is 0. The molecule has 0 bridgehead atoms. The molecular weight excluding hydrogens is 406 g/mol. The lowest BCUT2D eigenvalue weighted by Crippen LogP contribution is -2.43. The molecule has 1 amide bonds. The molecule has 1 heterocycles. The zero-order valence-electron chi connectivity index (χ0n) is 17.7. The molecule has 0 aliphatic heterocycles. The fraction of sp³-hybridized carbons (Fsp3) is 0.591. The van der Waals surface area contributed by atoms with Crippen LogP contribution in [0.1, 0.15) is 65.8 Å². The number of thioether (sulfide) groups is 1. The Labute approximate surface area is 181 Å². The molecule has 158 valence electrons. The molecule has 0 unspecified atom stereocenters. The second-order valence-electron chi connectivity index (χ2n) is 8.30. The van der Waals surface area contributed by atoms with Crippen molar-refractivity contribution in [3.05, 3.63) is 33.6 Å². The quantitative estimate of drug-likeness (QED) is 0.456. The molecule has 0 radical (unpaired) electrons. The van der Waals surface area contributed by atoms with Gasteiger partial charge in [0.2, 0.25) is 5.91 Å². The highest BCUT2D eigenvalue weighted by Crippen LogP contribution is 2.31. The second-order valence-corrected chi connectivity index (χ2v) is 9.68. The summed E-state index contributed by atoms with van der Waals surface area (Å²) in [5.74, 6) is 0.331. The highest BCUT2D eigenvalue weighted by molar-refractivity contribution is 7.99. The summed E-state index contributed by atoms with van der Waals surface area (Å²) in [6.45, 7) is 8.10. The minimum absolute atomic E-state index is 0.0295. The van der Waals surface area contributed by atoms with E-state index in [0.717, 1.165) is 25.7 Å². The molecule has 1 aromatic heterocycles. The van der Waals surface area contributed by atoms with Crippen molar-refractivity contribution in [2.45, 2.75) is 83.1 Å². The van der Waals surface area contributed by atoms with E-state index in [-0.39, 0.29) is 35.3 Å². The van der Waals surface area contributed by atoms with Crippen molar-refractivity contribution < 1.29 is 4.79 Å². The maximum atomic E-state index is 13.3. The van der Waals surface area contributed by atoms with Gasteiger partial charge in [0.25, 0.3) is 5.56 Å². The largest absolute Gasteiger partial charge is 0.337 e. The Hall–Kier alpha value is -1.53. The Kier molecular flexibility index (Phi) is 7.28. The summed E-state index contributed by atoms with van der Waals surface area (Å²) < 4.78 is 1.84. The van der Waals surface area contributed by atoms with Gasteiger partial charge in [-0.1, -0.05) is 42.6 Å². The molecule has 7 heteroatoms. The molecule has 29 heavy (non-hydrogen) atoms. The maximum absolute atomic E-state index is 13.3. The number of nitrogens with zero attached hydrogens (tertiary/aromatic N) is 3. The van der Waals surface area contributed by atoms with Gasteiger partial charge in [-0.15, -0.1) is 0 Å². The van der Waals surface area contributed by atoms with Crippen molar-refractivity contribution in [2.75, 3.05) is 5.75 Å². The van der Waals surface area contributed by atoms with Gasteiger partial charge in [-0.05, 0) is 58.7 Å². The van der Waals surface area contributed by atoms with Crippen LogP contribution in [0.5, 0.6) is 0 Å². The van der Waals surface area contributed by atoms with Gasteiger partial charge in [-0.3, -0.25) is 14.2 Å². The minimum Gasteiger partial charge on any atom is -0.337 e. The Morgan fingerprint density at radius 2 is 1.86 bits per heavy atom. The van der Waals surface area contributed by atoms with E-state index >= 15 is 0 Å². The van der Waals surface area contributed by atoms with Crippen LogP contribution in [-0.2, 0) is 4.79 Å². The van der Waals surface area contributed by atoms with E-state index in [1.54, 1.807) is 18.2 Å². The van der Waals surface area contributed by atoms with Crippen molar-refractivity contribution in [1.82, 2.24) is 14.5 Å². The van der Waals surface area contributed by atoms with Crippen molar-refractivity contribution in [2.24, 2.45) is 0 Å². The first-order valence-electron chi connectivity index (χ1n) is 10.5. The van der Waals surface area contributed by atoms with E-state index in [1.807, 2.05) is 37.2 Å². The first-order chi connectivity index (χ1) is 13.8. The fourth-order valence-electron chi connectivity index (χ4n) is 4.29. The Balaban J connectivity index is 1.98. The normalized spacial score (nSPS) is 15.4. The van der Waals surface area contributed by atoms with E-state index in [2.05, 4.69) is 0 Å². The topological polar surface area (TPSA) is 55.2 Å². The second kappa shape index (κ2) is 9.52. The number of benzene rings is 1. The lowest BCUT2D eigenvalue weighted by atomic mass is 9.95. The number of hydrogen-bond donors (Lipinski definition) is 0. The van der Waals surface area contributed by atoms with Gasteiger partial charge in [-0.25, -0.2) is 4.98 Å². The first-order valence-corrected chi connectivity index (χ1v) is 11.8. The molecule has 1 aliphatic rings. The monoisotopic (exact) mass is 435 g/mol. The molecule has 1 saturated carbocycles. The Bertz CT molecular complexity index is 928. The van der Waals surface area contributed by atoms with Gasteiger partial charge in [0.15, 0.2) is 5.16 Å². The smallest absolute Gasteiger partial charge is 0.262 e. The molecule has 3 rings (SSSR count). The van der Waals surface area contributed by atoms with E-state index in [1.165, 1.54) is 18.2 Å². The van der Waals surface area contributed by atoms with Crippen LogP contribution < -0.4 is 5.56 Å². The number of hydrogen-bond acceptors (Lipinski definition) is 4. The molecule has 1 aliphatic carbocycles. The molecular formula is C22H30ClN3O2S. The molecule has 0 saturated heterocycles. The van der Waals surface area contributed by atoms with Gasteiger partial charge >= 0.3 is 0 Å². The van der Waals surface area contributed by atoms with Crippen LogP contribution in [-0.4, -0.2) is 38.2 Å². The fourth-order valence-corrected chi connectivity index (χ4v) is 5.39. The van der Waals surface area contributed by atoms with E-state index < -0.39 is 0 Å². The van der Waals surface area contributed by atoms with E-state index in [9.17, 15) is 9.59 Å². The van der Waals surface area contributed by atoms with Crippen LogP contribution in [0, 0.1) is 0 Å². The van der Waals surface area contributed by atoms with Crippen LogP contribution in [0.15, 0.2) is 28.2 Å². The summed E-state index contributed by atoms with van der Waals surface area (Å²) in [5, 5.41) is 1.76. The van der Waals surface area contributed by atoms with Crippen molar-refractivity contribution in [3.8, 4) is 0 Å². The highest BCUT2D eigenvalue weighted by Gasteiger charge is 2.24. The first kappa shape index (κ1) is 22.2. The molecule has 1 aromatic carbocycles. The standard InChI is InChI=1S/C22H30ClN3O2S/c1-14(2)25(15(3)4)20(27)13-29-22-24-19-12-16(23)10-11-18(19)21(28)26(22)17-8-6-5-7-9-17/h10-12,14-15,17H,5-9,13H2,1-4H3. The third kappa shape index (κ3) is 4.97. The predicted molar refractivity (Wildman–Crippen MR) is 121 cm³/mol. The summed E-state index contributed by atoms with van der Waals surface area (Å²) in [6.07, 6.45) is 5.40. The van der Waals surface area contributed by atoms with Crippen molar-refractivity contribution >= 4 is 40.2 Å². The van der Waals surface area contributed by atoms with Crippen LogP contribution in [0.2, 0.25) is 5.02 Å². The molecule has 5 nitrogen and oxygen atoms in total. The third-order valence-electron chi connectivity index (χ3n) is 5.50. The summed E-state index contributed by atoms with van der Waals surface area (Å²) in [4.78, 5) is 32.8. The summed E-state index contributed by atoms with van der Waals surface area (Å²) >= 11 is 7.50.